The van der Waals surface area contributed by atoms with Crippen LogP contribution in [-0.4, -0.2) is 5.91 Å². The summed E-state index contributed by atoms with van der Waals surface area (Å²) < 4.78 is 19.1. The van der Waals surface area contributed by atoms with Gasteiger partial charge in [-0.3, -0.25) is 4.79 Å². The molecule has 3 aromatic rings. The summed E-state index contributed by atoms with van der Waals surface area (Å²) in [6, 6.07) is 11.7. The number of hydrogen-bond donors (Lipinski definition) is 1. The van der Waals surface area contributed by atoms with Crippen molar-refractivity contribution >= 4 is 38.5 Å². The molecule has 0 aliphatic carbocycles. The topological polar surface area (TPSA) is 42.2 Å². The largest absolute Gasteiger partial charge is 0.463 e. The van der Waals surface area contributed by atoms with E-state index in [0.717, 1.165) is 5.39 Å². The Kier molecular flexibility index (Phi) is 3.28. The highest BCUT2D eigenvalue weighted by molar-refractivity contribution is 9.10. The summed E-state index contributed by atoms with van der Waals surface area (Å²) in [5, 5.41) is 3.37. The van der Waals surface area contributed by atoms with Crippen LogP contribution in [0.1, 0.15) is 10.4 Å². The predicted molar refractivity (Wildman–Crippen MR) is 78.3 cm³/mol. The number of anilines is 1. The Morgan fingerprint density at radius 2 is 2.00 bits per heavy atom. The minimum atomic E-state index is -0.431. The van der Waals surface area contributed by atoms with Crippen LogP contribution in [0, 0.1) is 5.82 Å². The number of benzene rings is 2. The third kappa shape index (κ3) is 2.32. The lowest BCUT2D eigenvalue weighted by Crippen LogP contribution is -2.11. The standard InChI is InChI=1S/C15H9BrFNO2/c16-12-6-5-9(7-13(12)17)18-15(19)11-8-20-14-4-2-1-3-10(11)14/h1-8H,(H,18,19). The van der Waals surface area contributed by atoms with Crippen molar-refractivity contribution < 1.29 is 13.6 Å². The van der Waals surface area contributed by atoms with Gasteiger partial charge < -0.3 is 9.73 Å². The van der Waals surface area contributed by atoms with Crippen molar-refractivity contribution in [3.05, 3.63) is 64.6 Å². The van der Waals surface area contributed by atoms with Gasteiger partial charge in [0, 0.05) is 11.1 Å². The second-order valence-corrected chi connectivity index (χ2v) is 5.08. The molecule has 1 heterocycles. The monoisotopic (exact) mass is 333 g/mol. The van der Waals surface area contributed by atoms with Crippen LogP contribution >= 0.6 is 15.9 Å². The Morgan fingerprint density at radius 3 is 2.80 bits per heavy atom. The zero-order chi connectivity index (χ0) is 14.1. The Balaban J connectivity index is 1.91. The molecule has 0 aliphatic heterocycles. The number of halogens is 2. The van der Waals surface area contributed by atoms with Gasteiger partial charge in [-0.05, 0) is 40.2 Å². The molecule has 1 amide bonds. The van der Waals surface area contributed by atoms with E-state index in [2.05, 4.69) is 21.2 Å². The summed E-state index contributed by atoms with van der Waals surface area (Å²) in [6.07, 6.45) is 1.40. The number of carbonyl (C=O) groups is 1. The zero-order valence-corrected chi connectivity index (χ0v) is 11.8. The van der Waals surface area contributed by atoms with Gasteiger partial charge in [0.2, 0.25) is 0 Å². The summed E-state index contributed by atoms with van der Waals surface area (Å²) in [6.45, 7) is 0. The molecule has 0 spiro atoms. The van der Waals surface area contributed by atoms with Crippen molar-refractivity contribution in [1.29, 1.82) is 0 Å². The summed E-state index contributed by atoms with van der Waals surface area (Å²) in [5.41, 5.74) is 1.45. The van der Waals surface area contributed by atoms with E-state index < -0.39 is 5.82 Å². The summed E-state index contributed by atoms with van der Waals surface area (Å²) >= 11 is 3.06. The van der Waals surface area contributed by atoms with E-state index >= 15 is 0 Å². The van der Waals surface area contributed by atoms with Gasteiger partial charge in [-0.1, -0.05) is 18.2 Å². The molecule has 0 aliphatic rings. The van der Waals surface area contributed by atoms with E-state index in [1.165, 1.54) is 12.3 Å². The van der Waals surface area contributed by atoms with E-state index in [4.69, 9.17) is 4.42 Å². The van der Waals surface area contributed by atoms with Crippen LogP contribution in [0.25, 0.3) is 11.0 Å². The summed E-state index contributed by atoms with van der Waals surface area (Å²) in [4.78, 5) is 12.2. The number of nitrogens with one attached hydrogen (secondary N) is 1. The highest BCUT2D eigenvalue weighted by atomic mass is 79.9. The highest BCUT2D eigenvalue weighted by Gasteiger charge is 2.14. The second-order valence-electron chi connectivity index (χ2n) is 4.23. The maximum Gasteiger partial charge on any atom is 0.259 e. The average molecular weight is 334 g/mol. The molecule has 100 valence electrons. The quantitative estimate of drug-likeness (QED) is 0.745. The molecule has 3 rings (SSSR count). The van der Waals surface area contributed by atoms with Gasteiger partial charge in [-0.15, -0.1) is 0 Å². The number of furan rings is 1. The van der Waals surface area contributed by atoms with E-state index in [1.807, 2.05) is 12.1 Å². The number of para-hydroxylation sites is 1. The van der Waals surface area contributed by atoms with Crippen LogP contribution in [0.15, 0.2) is 57.6 Å². The van der Waals surface area contributed by atoms with E-state index in [9.17, 15) is 9.18 Å². The minimum Gasteiger partial charge on any atom is -0.463 e. The van der Waals surface area contributed by atoms with Crippen molar-refractivity contribution in [1.82, 2.24) is 0 Å². The van der Waals surface area contributed by atoms with Gasteiger partial charge in [0.05, 0.1) is 10.0 Å². The summed E-state index contributed by atoms with van der Waals surface area (Å²) in [5.74, 6) is -0.767. The lowest BCUT2D eigenvalue weighted by Gasteiger charge is -2.04. The molecule has 0 radical (unpaired) electrons. The lowest BCUT2D eigenvalue weighted by atomic mass is 10.1. The van der Waals surface area contributed by atoms with Gasteiger partial charge in [0.15, 0.2) is 0 Å². The molecule has 0 unspecified atom stereocenters. The third-order valence-electron chi connectivity index (χ3n) is 2.90. The van der Waals surface area contributed by atoms with Crippen LogP contribution < -0.4 is 5.32 Å². The van der Waals surface area contributed by atoms with E-state index in [-0.39, 0.29) is 5.91 Å². The molecule has 0 fully saturated rings. The molecular weight excluding hydrogens is 325 g/mol. The number of amides is 1. The van der Waals surface area contributed by atoms with Crippen LogP contribution in [0.2, 0.25) is 0 Å². The predicted octanol–water partition coefficient (Wildman–Crippen LogP) is 4.59. The SMILES string of the molecule is O=C(Nc1ccc(Br)c(F)c1)c1coc2ccccc12. The normalized spacial score (nSPS) is 10.7. The van der Waals surface area contributed by atoms with Gasteiger partial charge in [-0.2, -0.15) is 0 Å². The van der Waals surface area contributed by atoms with Gasteiger partial charge >= 0.3 is 0 Å². The maximum atomic E-state index is 13.4. The van der Waals surface area contributed by atoms with E-state index in [0.29, 0.717) is 21.3 Å². The first kappa shape index (κ1) is 12.9. The average Bonchev–Trinajstić information content (AvgIpc) is 2.87. The number of rotatable bonds is 2. The fourth-order valence-corrected chi connectivity index (χ4v) is 2.17. The maximum absolute atomic E-state index is 13.4. The van der Waals surface area contributed by atoms with Crippen molar-refractivity contribution in [2.75, 3.05) is 5.32 Å². The van der Waals surface area contributed by atoms with Crippen molar-refractivity contribution in [3.63, 3.8) is 0 Å². The fraction of sp³-hybridized carbons (Fsp3) is 0. The molecule has 1 N–H and O–H groups in total. The molecule has 5 heteroatoms. The van der Waals surface area contributed by atoms with Crippen molar-refractivity contribution in [3.8, 4) is 0 Å². The molecular formula is C15H9BrFNO2. The molecule has 0 saturated carbocycles. The minimum absolute atomic E-state index is 0.336. The van der Waals surface area contributed by atoms with Gasteiger partial charge in [0.1, 0.15) is 17.7 Å². The van der Waals surface area contributed by atoms with Crippen LogP contribution in [0.4, 0.5) is 10.1 Å². The first-order valence-corrected chi connectivity index (χ1v) is 6.67. The lowest BCUT2D eigenvalue weighted by molar-refractivity contribution is 0.102. The molecule has 1 aromatic heterocycles. The first-order valence-electron chi connectivity index (χ1n) is 5.88. The number of carbonyl (C=O) groups excluding carboxylic acids is 1. The summed E-state index contributed by atoms with van der Waals surface area (Å²) in [7, 11) is 0. The molecule has 0 bridgehead atoms. The molecule has 2 aromatic carbocycles. The second kappa shape index (κ2) is 5.09. The molecule has 20 heavy (non-hydrogen) atoms. The van der Waals surface area contributed by atoms with Gasteiger partial charge in [-0.25, -0.2) is 4.39 Å². The Morgan fingerprint density at radius 1 is 1.20 bits per heavy atom. The number of fused-ring (bicyclic) bond motifs is 1. The van der Waals surface area contributed by atoms with Crippen LogP contribution in [0.5, 0.6) is 0 Å². The molecule has 0 atom stereocenters. The van der Waals surface area contributed by atoms with Crippen LogP contribution in [-0.2, 0) is 0 Å². The van der Waals surface area contributed by atoms with Crippen molar-refractivity contribution in [2.24, 2.45) is 0 Å². The Bertz CT molecular complexity index is 797. The zero-order valence-electron chi connectivity index (χ0n) is 10.2. The Labute approximate surface area is 122 Å². The smallest absolute Gasteiger partial charge is 0.259 e. The van der Waals surface area contributed by atoms with Gasteiger partial charge in [0.25, 0.3) is 5.91 Å². The van der Waals surface area contributed by atoms with Crippen molar-refractivity contribution in [2.45, 2.75) is 0 Å². The van der Waals surface area contributed by atoms with E-state index in [1.54, 1.807) is 24.3 Å². The van der Waals surface area contributed by atoms with Crippen LogP contribution in [0.3, 0.4) is 0 Å². The molecule has 0 saturated heterocycles. The third-order valence-corrected chi connectivity index (χ3v) is 3.55. The Hall–Kier alpha value is -2.14. The first-order chi connectivity index (χ1) is 9.65. The fourth-order valence-electron chi connectivity index (χ4n) is 1.93. The number of hydrogen-bond acceptors (Lipinski definition) is 2. The molecule has 3 nitrogen and oxygen atoms in total. The highest BCUT2D eigenvalue weighted by Crippen LogP contribution is 2.23.